The van der Waals surface area contributed by atoms with Gasteiger partial charge in [0, 0.05) is 28.4 Å². The van der Waals surface area contributed by atoms with E-state index < -0.39 is 0 Å². The van der Waals surface area contributed by atoms with Crippen molar-refractivity contribution in [3.8, 4) is 11.1 Å². The van der Waals surface area contributed by atoms with E-state index in [1.54, 1.807) is 33.4 Å². The molecule has 4 aliphatic carbocycles. The van der Waals surface area contributed by atoms with Gasteiger partial charge in [0.05, 0.1) is 0 Å². The van der Waals surface area contributed by atoms with Crippen molar-refractivity contribution in [3.05, 3.63) is 198 Å². The van der Waals surface area contributed by atoms with Crippen molar-refractivity contribution >= 4 is 40.2 Å². The van der Waals surface area contributed by atoms with Crippen LogP contribution in [-0.2, 0) is 38.9 Å². The van der Waals surface area contributed by atoms with Gasteiger partial charge in [0.2, 0.25) is 6.71 Å². The van der Waals surface area contributed by atoms with E-state index in [2.05, 4.69) is 239 Å². The van der Waals surface area contributed by atoms with Crippen molar-refractivity contribution in [2.75, 3.05) is 4.90 Å². The maximum atomic E-state index is 2.77. The summed E-state index contributed by atoms with van der Waals surface area (Å²) >= 11 is 0. The first-order valence-corrected chi connectivity index (χ1v) is 31.3. The molecule has 0 spiro atoms. The molecule has 1 nitrogen and oxygen atoms in total. The molecule has 0 bridgehead atoms. The number of hydrogen-bond donors (Lipinski definition) is 0. The molecule has 80 heavy (non-hydrogen) atoms. The van der Waals surface area contributed by atoms with Crippen LogP contribution >= 0.6 is 0 Å². The van der Waals surface area contributed by atoms with E-state index in [0.29, 0.717) is 5.92 Å². The Hall–Kier alpha value is -5.60. The number of aryl methyl sites for hydroxylation is 4. The van der Waals surface area contributed by atoms with E-state index in [1.165, 1.54) is 152 Å². The van der Waals surface area contributed by atoms with Gasteiger partial charge >= 0.3 is 0 Å². The Bertz CT molecular complexity index is 3760. The van der Waals surface area contributed by atoms with Crippen LogP contribution in [-0.4, -0.2) is 6.71 Å². The van der Waals surface area contributed by atoms with Crippen molar-refractivity contribution in [2.45, 2.75) is 227 Å². The minimum atomic E-state index is -0.0607. The first kappa shape index (κ1) is 53.7. The van der Waals surface area contributed by atoms with Gasteiger partial charge in [-0.1, -0.05) is 200 Å². The Kier molecular flexibility index (Phi) is 11.9. The van der Waals surface area contributed by atoms with E-state index in [1.807, 2.05) is 0 Å². The molecule has 0 radical (unpaired) electrons. The molecular formula is C78H92BN. The van der Waals surface area contributed by atoms with Crippen LogP contribution in [0.1, 0.15) is 249 Å². The standard InChI is InChI=1S/C78H92BN/c1-46-35-58-50(5)57-41-52(51(6)77(17)29-21-22-30-78(77,18)60-43-61(72(7,8)9)65(39-49(60)4)76(16)34-33-75(14,15)62-37-47(2)48(3)38-66(62)76)26-28-67(57)79-68-44-63-64(74(12,13)32-31-73(63,10)11)45-69(68)80(70(36-46)71(58)79)55-27-25-54-40-53-23-19-20-24-56(53)59(54)42-55/h19-20,23-28,35-39,41-45,50-51H,21-22,29-34,40H2,1-18H3. The lowest BCUT2D eigenvalue weighted by Gasteiger charge is -2.55. The van der Waals surface area contributed by atoms with E-state index in [-0.39, 0.29) is 50.5 Å². The average Bonchev–Trinajstić information content (AvgIpc) is 3.95. The summed E-state index contributed by atoms with van der Waals surface area (Å²) in [5.74, 6) is 0.604. The first-order valence-electron chi connectivity index (χ1n) is 31.3. The van der Waals surface area contributed by atoms with Gasteiger partial charge in [-0.05, 0) is 246 Å². The highest BCUT2D eigenvalue weighted by atomic mass is 15.2. The molecular weight excluding hydrogens is 962 g/mol. The Balaban J connectivity index is 0.946. The van der Waals surface area contributed by atoms with Crippen molar-refractivity contribution in [2.24, 2.45) is 5.41 Å². The van der Waals surface area contributed by atoms with Gasteiger partial charge in [0.15, 0.2) is 0 Å². The van der Waals surface area contributed by atoms with Crippen LogP contribution in [0.25, 0.3) is 11.1 Å². The minimum absolute atomic E-state index is 0.0143. The number of hydrogen-bond acceptors (Lipinski definition) is 1. The summed E-state index contributed by atoms with van der Waals surface area (Å²) in [4.78, 5) is 2.70. The van der Waals surface area contributed by atoms with E-state index >= 15 is 0 Å². The summed E-state index contributed by atoms with van der Waals surface area (Å²) in [5.41, 5.74) is 35.5. The lowest BCUT2D eigenvalue weighted by molar-refractivity contribution is 0.0612. The molecule has 1 saturated carbocycles. The van der Waals surface area contributed by atoms with Crippen LogP contribution in [0.3, 0.4) is 0 Å². The molecule has 2 heteroatoms. The van der Waals surface area contributed by atoms with Crippen molar-refractivity contribution in [3.63, 3.8) is 0 Å². The fraction of sp³-hybridized carbons (Fsp3) is 0.462. The highest BCUT2D eigenvalue weighted by Gasteiger charge is 2.53. The second-order valence-corrected chi connectivity index (χ2v) is 30.9. The summed E-state index contributed by atoms with van der Waals surface area (Å²) in [6, 6.07) is 45.5. The molecule has 0 saturated heterocycles. The quantitative estimate of drug-likeness (QED) is 0.155. The molecule has 0 aromatic heterocycles. The predicted molar refractivity (Wildman–Crippen MR) is 345 cm³/mol. The number of nitrogens with zero attached hydrogens (tertiary/aromatic N) is 1. The van der Waals surface area contributed by atoms with Crippen LogP contribution < -0.4 is 21.3 Å². The fourth-order valence-corrected chi connectivity index (χ4v) is 17.9. The molecule has 412 valence electrons. The van der Waals surface area contributed by atoms with Crippen LogP contribution in [0.4, 0.5) is 17.1 Å². The SMILES string of the molecule is Cc1cc2c3c(c1)N(c1ccc4c(c1)-c1ccccc1C4)c1cc4c(cc1B3c1ccc(C(C)C3(C)CCCCC3(C)c3cc(C(C)(C)C)c(C5(C)CCC(C)(C)c6cc(C)c(C)cc65)cc3C)cc1C2C)C(C)(C)CCC4(C)C. The van der Waals surface area contributed by atoms with Crippen molar-refractivity contribution < 1.29 is 0 Å². The van der Waals surface area contributed by atoms with Gasteiger partial charge in [-0.3, -0.25) is 0 Å². The molecule has 1 fully saturated rings. The van der Waals surface area contributed by atoms with E-state index in [4.69, 9.17) is 0 Å². The van der Waals surface area contributed by atoms with Crippen molar-refractivity contribution in [1.82, 2.24) is 0 Å². The largest absolute Gasteiger partial charge is 0.311 e. The second kappa shape index (κ2) is 17.7. The Morgan fingerprint density at radius 1 is 0.525 bits per heavy atom. The summed E-state index contributed by atoms with van der Waals surface area (Å²) in [7, 11) is 0. The highest BCUT2D eigenvalue weighted by Crippen LogP contribution is 2.61. The van der Waals surface area contributed by atoms with E-state index in [0.717, 1.165) is 6.42 Å². The Morgan fingerprint density at radius 3 is 1.86 bits per heavy atom. The monoisotopic (exact) mass is 1050 g/mol. The second-order valence-electron chi connectivity index (χ2n) is 30.9. The molecule has 0 amide bonds. The molecule has 7 aromatic rings. The number of anilines is 3. The van der Waals surface area contributed by atoms with Crippen LogP contribution in [0.2, 0.25) is 0 Å². The smallest absolute Gasteiger partial charge is 0.247 e. The van der Waals surface area contributed by atoms with E-state index in [9.17, 15) is 0 Å². The highest BCUT2D eigenvalue weighted by molar-refractivity contribution is 6.99. The van der Waals surface area contributed by atoms with Crippen LogP contribution in [0.5, 0.6) is 0 Å². The van der Waals surface area contributed by atoms with Gasteiger partial charge < -0.3 is 4.90 Å². The number of benzene rings is 7. The molecule has 2 aliphatic heterocycles. The topological polar surface area (TPSA) is 3.24 Å². The zero-order valence-corrected chi connectivity index (χ0v) is 52.4. The third-order valence-corrected chi connectivity index (χ3v) is 23.7. The third kappa shape index (κ3) is 7.67. The normalized spacial score (nSPS) is 24.9. The summed E-state index contributed by atoms with van der Waals surface area (Å²) in [6.07, 6.45) is 10.8. The maximum Gasteiger partial charge on any atom is 0.247 e. The molecule has 13 rings (SSSR count). The molecule has 5 atom stereocenters. The summed E-state index contributed by atoms with van der Waals surface area (Å²) in [6.45, 7) is 45.2. The zero-order valence-electron chi connectivity index (χ0n) is 52.4. The molecule has 6 aliphatic rings. The van der Waals surface area contributed by atoms with Gasteiger partial charge in [0.1, 0.15) is 0 Å². The van der Waals surface area contributed by atoms with Gasteiger partial charge in [0.25, 0.3) is 0 Å². The van der Waals surface area contributed by atoms with Gasteiger partial charge in [-0.25, -0.2) is 0 Å². The molecule has 7 aromatic carbocycles. The van der Waals surface area contributed by atoms with Gasteiger partial charge in [-0.15, -0.1) is 0 Å². The predicted octanol–water partition coefficient (Wildman–Crippen LogP) is 18.9. The van der Waals surface area contributed by atoms with Crippen LogP contribution in [0.15, 0.2) is 109 Å². The minimum Gasteiger partial charge on any atom is -0.311 e. The maximum absolute atomic E-state index is 2.77. The number of rotatable bonds is 5. The fourth-order valence-electron chi connectivity index (χ4n) is 17.9. The summed E-state index contributed by atoms with van der Waals surface area (Å²) in [5, 5.41) is 0. The molecule has 5 unspecified atom stereocenters. The third-order valence-electron chi connectivity index (χ3n) is 23.7. The average molecular weight is 1050 g/mol. The Labute approximate surface area is 483 Å². The molecule has 0 N–H and O–H groups in total. The summed E-state index contributed by atoms with van der Waals surface area (Å²) < 4.78 is 0. The zero-order chi connectivity index (χ0) is 56.8. The first-order chi connectivity index (χ1) is 37.6. The lowest BCUT2D eigenvalue weighted by atomic mass is 9.31. The van der Waals surface area contributed by atoms with Crippen LogP contribution in [0, 0.1) is 33.1 Å². The van der Waals surface area contributed by atoms with Gasteiger partial charge in [-0.2, -0.15) is 0 Å². The lowest BCUT2D eigenvalue weighted by Crippen LogP contribution is -2.62. The van der Waals surface area contributed by atoms with Crippen molar-refractivity contribution in [1.29, 1.82) is 0 Å². The Morgan fingerprint density at radius 2 is 1.15 bits per heavy atom. The molecule has 2 heterocycles. The number of fused-ring (bicyclic) bond motifs is 9.